The van der Waals surface area contributed by atoms with E-state index in [1.807, 2.05) is 6.92 Å². The van der Waals surface area contributed by atoms with E-state index in [0.717, 1.165) is 6.07 Å². The Kier molecular flexibility index (Phi) is 22.4. The standard InChI is InChI=1S/C45H72ClN7O14/c1-12-19(3)34-42(64)47-17-32(59)48-24(8)35(43(65)53-37(45(67)51-34)28-15-30(57)22(6)40(62)33(28)46)52-41(63)25(9)49-44(66)36(26(10)54)50-31(58)16-29(56)20(4)13-18(2)14-21(5)38(60)23(7)39(61)27(11)55/h15,18-21,23-27,34-39,54-55,57,60-62H,12-14,16-17H2,1-11H3,(H,47,64)(H,48,59)(H,49,66)(H,50,58)(H,51,67)(H,52,63)(H,53,65). The monoisotopic (exact) mass is 969 g/mol. The lowest BCUT2D eigenvalue weighted by Crippen LogP contribution is -2.62. The Bertz CT molecular complexity index is 1950. The number of rotatable bonds is 20. The van der Waals surface area contributed by atoms with E-state index in [2.05, 4.69) is 37.2 Å². The van der Waals surface area contributed by atoms with Gasteiger partial charge in [-0.1, -0.05) is 59.6 Å². The predicted octanol–water partition coefficient (Wildman–Crippen LogP) is -0.376. The molecular formula is C45H72ClN7O14. The van der Waals surface area contributed by atoms with Gasteiger partial charge >= 0.3 is 0 Å². The zero-order valence-electron chi connectivity index (χ0n) is 40.1. The Morgan fingerprint density at radius 2 is 1.42 bits per heavy atom. The van der Waals surface area contributed by atoms with Gasteiger partial charge in [0.2, 0.25) is 41.4 Å². The van der Waals surface area contributed by atoms with Crippen molar-refractivity contribution in [3.8, 4) is 11.5 Å². The number of benzene rings is 1. The molecule has 22 heteroatoms. The topological polar surface area (TPSA) is 342 Å². The van der Waals surface area contributed by atoms with Gasteiger partial charge in [0.15, 0.2) is 0 Å². The van der Waals surface area contributed by atoms with E-state index in [1.54, 1.807) is 34.6 Å². The van der Waals surface area contributed by atoms with Crippen LogP contribution in [0.25, 0.3) is 0 Å². The van der Waals surface area contributed by atoms with E-state index in [1.165, 1.54) is 34.6 Å². The van der Waals surface area contributed by atoms with E-state index in [-0.39, 0.29) is 23.0 Å². The van der Waals surface area contributed by atoms with Gasteiger partial charge in [-0.25, -0.2) is 0 Å². The average Bonchev–Trinajstić information content (AvgIpc) is 3.26. The van der Waals surface area contributed by atoms with Crippen LogP contribution in [0.3, 0.4) is 0 Å². The number of carbonyl (C=O) groups is 8. The number of aromatic hydroxyl groups is 2. The number of phenolic OH excluding ortho intramolecular Hbond substituents is 2. The fourth-order valence-corrected chi connectivity index (χ4v) is 8.17. The van der Waals surface area contributed by atoms with Gasteiger partial charge in [-0.15, -0.1) is 0 Å². The van der Waals surface area contributed by atoms with E-state index in [9.17, 15) is 69.0 Å². The van der Waals surface area contributed by atoms with E-state index in [4.69, 9.17) is 11.6 Å². The fraction of sp³-hybridized carbons (Fsp3) is 0.689. The highest BCUT2D eigenvalue weighted by Gasteiger charge is 2.39. The van der Waals surface area contributed by atoms with Crippen LogP contribution in [0.4, 0.5) is 0 Å². The molecule has 1 aliphatic heterocycles. The van der Waals surface area contributed by atoms with Gasteiger partial charge in [0, 0.05) is 23.0 Å². The summed E-state index contributed by atoms with van der Waals surface area (Å²) in [4.78, 5) is 108. The minimum Gasteiger partial charge on any atom is -0.508 e. The summed E-state index contributed by atoms with van der Waals surface area (Å²) in [5.41, 5.74) is -0.321. The van der Waals surface area contributed by atoms with E-state index >= 15 is 0 Å². The van der Waals surface area contributed by atoms with Crippen molar-refractivity contribution in [2.24, 2.45) is 29.6 Å². The number of aliphatic hydroxyl groups is 4. The molecule has 0 saturated carbocycles. The summed E-state index contributed by atoms with van der Waals surface area (Å²) in [7, 11) is 0. The lowest BCUT2D eigenvalue weighted by Gasteiger charge is -2.31. The summed E-state index contributed by atoms with van der Waals surface area (Å²) in [6.07, 6.45) is -4.03. The van der Waals surface area contributed by atoms with Crippen LogP contribution in [0.2, 0.25) is 5.02 Å². The summed E-state index contributed by atoms with van der Waals surface area (Å²) in [5.74, 6) is -10.2. The first kappa shape index (κ1) is 58.0. The zero-order chi connectivity index (χ0) is 51.4. The van der Waals surface area contributed by atoms with Crippen molar-refractivity contribution in [3.05, 3.63) is 22.2 Å². The lowest BCUT2D eigenvalue weighted by molar-refractivity contribution is -0.137. The van der Waals surface area contributed by atoms with Gasteiger partial charge in [-0.2, -0.15) is 0 Å². The van der Waals surface area contributed by atoms with Crippen molar-refractivity contribution in [2.75, 3.05) is 6.54 Å². The first-order chi connectivity index (χ1) is 31.0. The van der Waals surface area contributed by atoms with Crippen LogP contribution in [0.15, 0.2) is 6.07 Å². The number of amides is 7. The Labute approximate surface area is 396 Å². The number of halogens is 1. The molecule has 1 heterocycles. The Balaban J connectivity index is 2.27. The molecule has 0 radical (unpaired) electrons. The molecule has 13 N–H and O–H groups in total. The minimum absolute atomic E-state index is 0.0378. The van der Waals surface area contributed by atoms with Crippen molar-refractivity contribution in [1.29, 1.82) is 0 Å². The minimum atomic E-state index is -1.81. The van der Waals surface area contributed by atoms with Crippen molar-refractivity contribution < 1.29 is 69.0 Å². The molecule has 7 amide bonds. The summed E-state index contributed by atoms with van der Waals surface area (Å²) >= 11 is 6.45. The molecule has 1 aromatic rings. The lowest BCUT2D eigenvalue weighted by atomic mass is 9.80. The normalized spacial score (nSPS) is 23.4. The van der Waals surface area contributed by atoms with Crippen LogP contribution in [0.1, 0.15) is 112 Å². The Hall–Kier alpha value is -5.09. The van der Waals surface area contributed by atoms with Crippen LogP contribution in [0.5, 0.6) is 11.5 Å². The molecule has 0 spiro atoms. The Morgan fingerprint density at radius 1 is 0.806 bits per heavy atom. The van der Waals surface area contributed by atoms with Crippen molar-refractivity contribution in [2.45, 2.75) is 163 Å². The maximum Gasteiger partial charge on any atom is 0.247 e. The Morgan fingerprint density at radius 3 is 1.99 bits per heavy atom. The number of hydrogen-bond acceptors (Lipinski definition) is 14. The molecule has 1 fully saturated rings. The van der Waals surface area contributed by atoms with Crippen LogP contribution in [-0.4, -0.2) is 139 Å². The van der Waals surface area contributed by atoms with E-state index in [0.29, 0.717) is 19.3 Å². The van der Waals surface area contributed by atoms with Gasteiger partial charge in [0.25, 0.3) is 0 Å². The smallest absolute Gasteiger partial charge is 0.247 e. The molecule has 378 valence electrons. The van der Waals surface area contributed by atoms with Crippen LogP contribution < -0.4 is 37.2 Å². The van der Waals surface area contributed by atoms with Crippen LogP contribution in [-0.2, 0) is 38.4 Å². The molecule has 0 bridgehead atoms. The molecule has 1 saturated heterocycles. The molecular weight excluding hydrogens is 898 g/mol. The highest BCUT2D eigenvalue weighted by Crippen LogP contribution is 2.39. The largest absolute Gasteiger partial charge is 0.508 e. The highest BCUT2D eigenvalue weighted by atomic mass is 35.5. The third-order valence-corrected chi connectivity index (χ3v) is 12.8. The van der Waals surface area contributed by atoms with E-state index < -0.39 is 155 Å². The number of carbonyl (C=O) groups excluding carboxylic acids is 8. The third-order valence-electron chi connectivity index (χ3n) is 12.4. The molecule has 67 heavy (non-hydrogen) atoms. The summed E-state index contributed by atoms with van der Waals surface area (Å²) in [5, 5.41) is 79.0. The van der Waals surface area contributed by atoms with Crippen LogP contribution >= 0.6 is 11.6 Å². The molecule has 15 unspecified atom stereocenters. The second-order valence-electron chi connectivity index (χ2n) is 18.3. The molecule has 1 aromatic carbocycles. The quantitative estimate of drug-likeness (QED) is 0.0742. The summed E-state index contributed by atoms with van der Waals surface area (Å²) in [6, 6.07) is -8.10. The number of Topliss-reactive ketones (excluding diaryl/α,β-unsaturated/α-hetero) is 1. The highest BCUT2D eigenvalue weighted by molar-refractivity contribution is 6.33. The molecule has 0 aromatic heterocycles. The number of phenols is 2. The third kappa shape index (κ3) is 16.3. The number of hydrogen-bond donors (Lipinski definition) is 13. The first-order valence-corrected chi connectivity index (χ1v) is 23.0. The summed E-state index contributed by atoms with van der Waals surface area (Å²) < 4.78 is 0. The number of nitrogens with one attached hydrogen (secondary N) is 7. The summed E-state index contributed by atoms with van der Waals surface area (Å²) in [6.45, 7) is 16.3. The average molecular weight is 971 g/mol. The van der Waals surface area contributed by atoms with Gasteiger partial charge in [0.1, 0.15) is 47.5 Å². The molecule has 21 nitrogen and oxygen atoms in total. The van der Waals surface area contributed by atoms with Crippen molar-refractivity contribution in [3.63, 3.8) is 0 Å². The van der Waals surface area contributed by atoms with Gasteiger partial charge in [0.05, 0.1) is 48.4 Å². The van der Waals surface area contributed by atoms with Gasteiger partial charge < -0.3 is 67.9 Å². The van der Waals surface area contributed by atoms with Crippen LogP contribution in [0, 0.1) is 36.5 Å². The van der Waals surface area contributed by atoms with Crippen molar-refractivity contribution >= 4 is 58.7 Å². The molecule has 15 atom stereocenters. The molecule has 1 aliphatic rings. The number of aliphatic hydroxyl groups excluding tert-OH is 4. The predicted molar refractivity (Wildman–Crippen MR) is 245 cm³/mol. The zero-order valence-corrected chi connectivity index (χ0v) is 40.9. The van der Waals surface area contributed by atoms with Gasteiger partial charge in [-0.05, 0) is 71.3 Å². The second-order valence-corrected chi connectivity index (χ2v) is 18.7. The maximum atomic E-state index is 14.2. The van der Waals surface area contributed by atoms with Crippen molar-refractivity contribution in [1.82, 2.24) is 37.2 Å². The second kappa shape index (κ2) is 25.9. The first-order valence-electron chi connectivity index (χ1n) is 22.6. The molecule has 0 aliphatic carbocycles. The fourth-order valence-electron chi connectivity index (χ4n) is 7.86. The number of ketones is 1. The molecule has 2 rings (SSSR count). The van der Waals surface area contributed by atoms with Gasteiger partial charge in [-0.3, -0.25) is 38.4 Å². The maximum absolute atomic E-state index is 14.2. The SMILES string of the molecule is CCC(C)C1NC(=O)C(c2cc(O)c(C)c(O)c2Cl)NC(=O)C(NC(=O)C(C)NC(=O)C(NC(=O)CC(=O)C(C)CC(C)CC(C)C(O)C(C)C(O)C(C)O)C(C)O)C(C)NC(=O)CNC1=O.